The molecule has 0 aliphatic carbocycles. The van der Waals surface area contributed by atoms with Crippen LogP contribution in [0.5, 0.6) is 0 Å². The second kappa shape index (κ2) is 6.53. The lowest BCUT2D eigenvalue weighted by Gasteiger charge is -2.05. The summed E-state index contributed by atoms with van der Waals surface area (Å²) in [5.74, 6) is -0.199. The summed E-state index contributed by atoms with van der Waals surface area (Å²) in [4.78, 5) is 12.2. The molecule has 0 aromatic heterocycles. The summed E-state index contributed by atoms with van der Waals surface area (Å²) in [6, 6.07) is 9.31. The van der Waals surface area contributed by atoms with Crippen molar-refractivity contribution in [2.75, 3.05) is 12.5 Å². The van der Waals surface area contributed by atoms with Crippen molar-refractivity contribution >= 4 is 29.3 Å². The molecule has 0 saturated carbocycles. The summed E-state index contributed by atoms with van der Waals surface area (Å²) < 4.78 is 0.763. The highest BCUT2D eigenvalue weighted by atomic mass is 32.2. The Kier molecular flexibility index (Phi) is 5.33. The van der Waals surface area contributed by atoms with Gasteiger partial charge in [-0.25, -0.2) is 0 Å². The zero-order valence-corrected chi connectivity index (χ0v) is 11.6. The maximum Gasteiger partial charge on any atom is 0.205 e. The van der Waals surface area contributed by atoms with Crippen LogP contribution in [0.3, 0.4) is 0 Å². The number of Topliss-reactive ketones (excluding diaryl/α,β-unsaturated/α-hetero) is 1. The van der Waals surface area contributed by atoms with Crippen molar-refractivity contribution in [3.63, 3.8) is 0 Å². The fourth-order valence-corrected chi connectivity index (χ4v) is 2.76. The maximum atomic E-state index is 12.2. The number of thioether (sulfide) groups is 2. The number of nitrogens with zero attached hydrogens (tertiary/aromatic N) is 1. The lowest BCUT2D eigenvalue weighted by atomic mass is 10.0. The number of hydrogen-bond donors (Lipinski definition) is 0. The van der Waals surface area contributed by atoms with E-state index < -0.39 is 0 Å². The van der Waals surface area contributed by atoms with Gasteiger partial charge in [0.1, 0.15) is 11.6 Å². The van der Waals surface area contributed by atoms with Crippen molar-refractivity contribution in [1.29, 1.82) is 5.26 Å². The molecule has 0 saturated heterocycles. The van der Waals surface area contributed by atoms with Gasteiger partial charge >= 0.3 is 0 Å². The number of aryl methyl sites for hydroxylation is 1. The normalized spacial score (nSPS) is 9.53. The number of allylic oxidation sites excluding steroid dienone is 1. The third-order valence-corrected chi connectivity index (χ3v) is 4.34. The lowest BCUT2D eigenvalue weighted by molar-refractivity contribution is 0.103. The third-order valence-electron chi connectivity index (χ3n) is 2.19. The topological polar surface area (TPSA) is 40.9 Å². The Morgan fingerprint density at radius 3 is 2.41 bits per heavy atom. The molecule has 88 valence electrons. The van der Waals surface area contributed by atoms with Crippen LogP contribution >= 0.6 is 23.5 Å². The molecular weight excluding hydrogens is 250 g/mol. The van der Waals surface area contributed by atoms with E-state index in [4.69, 9.17) is 5.26 Å². The van der Waals surface area contributed by atoms with Gasteiger partial charge in [-0.05, 0) is 25.5 Å². The minimum Gasteiger partial charge on any atom is -0.288 e. The van der Waals surface area contributed by atoms with E-state index in [2.05, 4.69) is 0 Å². The number of benzene rings is 1. The van der Waals surface area contributed by atoms with Crippen LogP contribution in [0.1, 0.15) is 15.9 Å². The van der Waals surface area contributed by atoms with Crippen molar-refractivity contribution in [2.24, 2.45) is 0 Å². The first kappa shape index (κ1) is 13.9. The summed E-state index contributed by atoms with van der Waals surface area (Å²) in [5.41, 5.74) is 1.82. The largest absolute Gasteiger partial charge is 0.288 e. The number of rotatable bonds is 4. The Morgan fingerprint density at radius 2 is 1.94 bits per heavy atom. The van der Waals surface area contributed by atoms with Crippen LogP contribution in [-0.4, -0.2) is 18.3 Å². The van der Waals surface area contributed by atoms with Gasteiger partial charge in [0.2, 0.25) is 5.78 Å². The first-order chi connectivity index (χ1) is 8.13. The molecule has 1 aromatic carbocycles. The Morgan fingerprint density at radius 1 is 1.29 bits per heavy atom. The van der Waals surface area contributed by atoms with E-state index in [0.717, 1.165) is 9.80 Å². The van der Waals surface area contributed by atoms with Crippen molar-refractivity contribution in [3.05, 3.63) is 45.2 Å². The number of ketones is 1. The van der Waals surface area contributed by atoms with Crippen molar-refractivity contribution in [2.45, 2.75) is 6.92 Å². The van der Waals surface area contributed by atoms with Gasteiger partial charge in [-0.2, -0.15) is 5.26 Å². The number of hydrogen-bond acceptors (Lipinski definition) is 4. The predicted octanol–water partition coefficient (Wildman–Crippen LogP) is 3.64. The molecule has 0 amide bonds. The van der Waals surface area contributed by atoms with Gasteiger partial charge in [-0.1, -0.05) is 23.8 Å². The first-order valence-electron chi connectivity index (χ1n) is 4.97. The minimum absolute atomic E-state index is 0.199. The third kappa shape index (κ3) is 3.39. The van der Waals surface area contributed by atoms with Gasteiger partial charge in [0.25, 0.3) is 0 Å². The highest BCUT2D eigenvalue weighted by Crippen LogP contribution is 2.29. The van der Waals surface area contributed by atoms with Crippen LogP contribution in [0.25, 0.3) is 0 Å². The fourth-order valence-electron chi connectivity index (χ4n) is 1.41. The van der Waals surface area contributed by atoms with E-state index >= 15 is 0 Å². The van der Waals surface area contributed by atoms with Crippen LogP contribution in [0.4, 0.5) is 0 Å². The van der Waals surface area contributed by atoms with Crippen molar-refractivity contribution in [1.82, 2.24) is 0 Å². The summed E-state index contributed by atoms with van der Waals surface area (Å²) in [5, 5.41) is 9.10. The highest BCUT2D eigenvalue weighted by molar-refractivity contribution is 8.21. The van der Waals surface area contributed by atoms with Gasteiger partial charge in [0, 0.05) is 5.56 Å². The summed E-state index contributed by atoms with van der Waals surface area (Å²) >= 11 is 2.86. The second-order valence-electron chi connectivity index (χ2n) is 3.38. The van der Waals surface area contributed by atoms with E-state index in [9.17, 15) is 4.79 Å². The van der Waals surface area contributed by atoms with Gasteiger partial charge in [-0.15, -0.1) is 23.5 Å². The van der Waals surface area contributed by atoms with E-state index in [0.29, 0.717) is 5.56 Å². The molecule has 0 fully saturated rings. The first-order valence-corrected chi connectivity index (χ1v) is 7.42. The maximum absolute atomic E-state index is 12.2. The van der Waals surface area contributed by atoms with Crippen molar-refractivity contribution < 1.29 is 4.79 Å². The van der Waals surface area contributed by atoms with E-state index in [1.807, 2.05) is 37.6 Å². The van der Waals surface area contributed by atoms with Gasteiger partial charge in [0.15, 0.2) is 0 Å². The number of carbonyl (C=O) groups is 1. The molecule has 4 heteroatoms. The summed E-state index contributed by atoms with van der Waals surface area (Å²) in [6.45, 7) is 1.93. The molecule has 0 spiro atoms. The highest BCUT2D eigenvalue weighted by Gasteiger charge is 2.16. The number of carbonyl (C=O) groups excluding carboxylic acids is 1. The quantitative estimate of drug-likeness (QED) is 0.472. The molecule has 0 bridgehead atoms. The van der Waals surface area contributed by atoms with E-state index in [1.54, 1.807) is 12.1 Å². The molecule has 0 aliphatic heterocycles. The molecule has 0 aliphatic rings. The summed E-state index contributed by atoms with van der Waals surface area (Å²) in [7, 11) is 0. The summed E-state index contributed by atoms with van der Waals surface area (Å²) in [6.07, 6.45) is 3.74. The molecule has 1 rings (SSSR count). The smallest absolute Gasteiger partial charge is 0.205 e. The van der Waals surface area contributed by atoms with E-state index in [1.165, 1.54) is 23.5 Å². The minimum atomic E-state index is -0.199. The molecule has 0 N–H and O–H groups in total. The molecule has 1 aromatic rings. The van der Waals surface area contributed by atoms with Crippen LogP contribution < -0.4 is 0 Å². The molecule has 0 heterocycles. The van der Waals surface area contributed by atoms with Gasteiger partial charge in [0.05, 0.1) is 4.24 Å². The molecule has 0 atom stereocenters. The van der Waals surface area contributed by atoms with Gasteiger partial charge < -0.3 is 0 Å². The fraction of sp³-hybridized carbons (Fsp3) is 0.231. The predicted molar refractivity (Wildman–Crippen MR) is 75.2 cm³/mol. The molecule has 17 heavy (non-hydrogen) atoms. The van der Waals surface area contributed by atoms with Crippen LogP contribution in [-0.2, 0) is 0 Å². The number of nitriles is 1. The Balaban J connectivity index is 3.20. The van der Waals surface area contributed by atoms with Crippen LogP contribution in [0.2, 0.25) is 0 Å². The molecular formula is C13H13NOS2. The van der Waals surface area contributed by atoms with Crippen molar-refractivity contribution in [3.8, 4) is 6.07 Å². The Bertz CT molecular complexity index is 494. The Hall–Kier alpha value is -1.18. The SMILES string of the molecule is CSC(SC)=C(C#N)C(=O)c1cccc(C)c1. The average Bonchev–Trinajstić information content (AvgIpc) is 2.35. The van der Waals surface area contributed by atoms with Gasteiger partial charge in [-0.3, -0.25) is 4.79 Å². The lowest BCUT2D eigenvalue weighted by Crippen LogP contribution is -2.03. The molecule has 0 unspecified atom stereocenters. The zero-order valence-electron chi connectivity index (χ0n) is 9.98. The molecule has 0 radical (unpaired) electrons. The molecule has 2 nitrogen and oxygen atoms in total. The van der Waals surface area contributed by atoms with Crippen LogP contribution in [0, 0.1) is 18.3 Å². The van der Waals surface area contributed by atoms with E-state index in [-0.39, 0.29) is 11.4 Å². The second-order valence-corrected chi connectivity index (χ2v) is 5.27. The van der Waals surface area contributed by atoms with Crippen LogP contribution in [0.15, 0.2) is 34.1 Å². The Labute approximate surface area is 110 Å². The average molecular weight is 263 g/mol. The standard InChI is InChI=1S/C13H13NOS2/c1-9-5-4-6-10(7-9)12(15)11(8-14)13(16-2)17-3/h4-7H,1-3H3. The zero-order chi connectivity index (χ0) is 12.8. The monoisotopic (exact) mass is 263 g/mol.